The number of carbonyl (C=O) groups excluding carboxylic acids is 1. The molecule has 1 fully saturated rings. The summed E-state index contributed by atoms with van der Waals surface area (Å²) in [5.74, 6) is -0.0530. The molecule has 0 aromatic heterocycles. The number of aliphatic hydroxyl groups is 2. The van der Waals surface area contributed by atoms with Crippen molar-refractivity contribution in [2.45, 2.75) is 44.8 Å². The van der Waals surface area contributed by atoms with Crippen LogP contribution in [0.1, 0.15) is 32.6 Å². The van der Waals surface area contributed by atoms with Crippen LogP contribution >= 0.6 is 0 Å². The summed E-state index contributed by atoms with van der Waals surface area (Å²) in [7, 11) is 0. The fraction of sp³-hybridized carbons (Fsp3) is 0.889. The monoisotopic (exact) mass is 172 g/mol. The van der Waals surface area contributed by atoms with Crippen LogP contribution in [0.5, 0.6) is 0 Å². The summed E-state index contributed by atoms with van der Waals surface area (Å²) in [6, 6.07) is 0. The van der Waals surface area contributed by atoms with Gasteiger partial charge in [-0.15, -0.1) is 0 Å². The molecule has 3 nitrogen and oxygen atoms in total. The summed E-state index contributed by atoms with van der Waals surface area (Å²) >= 11 is 0. The molecule has 0 radical (unpaired) electrons. The molecule has 0 heterocycles. The lowest BCUT2D eigenvalue weighted by atomic mass is 9.96. The first kappa shape index (κ1) is 9.68. The van der Waals surface area contributed by atoms with E-state index >= 15 is 0 Å². The smallest absolute Gasteiger partial charge is 0.138 e. The first-order valence-electron chi connectivity index (χ1n) is 4.50. The Hall–Kier alpha value is -0.410. The van der Waals surface area contributed by atoms with Crippen molar-refractivity contribution >= 4 is 5.78 Å². The van der Waals surface area contributed by atoms with Gasteiger partial charge in [-0.3, -0.25) is 4.79 Å². The minimum Gasteiger partial charge on any atom is -0.393 e. The largest absolute Gasteiger partial charge is 0.393 e. The topological polar surface area (TPSA) is 57.5 Å². The van der Waals surface area contributed by atoms with E-state index in [-0.39, 0.29) is 11.7 Å². The molecular weight excluding hydrogens is 156 g/mol. The molecule has 0 saturated heterocycles. The summed E-state index contributed by atoms with van der Waals surface area (Å²) in [5, 5.41) is 18.5. The Morgan fingerprint density at radius 1 is 1.58 bits per heavy atom. The number of hydrogen-bond donors (Lipinski definition) is 2. The molecule has 0 spiro atoms. The van der Waals surface area contributed by atoms with Gasteiger partial charge in [0.05, 0.1) is 12.2 Å². The highest BCUT2D eigenvalue weighted by molar-refractivity contribution is 5.83. The molecule has 0 aromatic carbocycles. The molecule has 12 heavy (non-hydrogen) atoms. The van der Waals surface area contributed by atoms with Crippen LogP contribution in [0.4, 0.5) is 0 Å². The maximum absolute atomic E-state index is 11.2. The lowest BCUT2D eigenvalue weighted by molar-refractivity contribution is -0.124. The molecule has 0 aliphatic heterocycles. The Morgan fingerprint density at radius 2 is 2.25 bits per heavy atom. The van der Waals surface area contributed by atoms with E-state index in [1.54, 1.807) is 6.92 Å². The Kier molecular flexibility index (Phi) is 3.23. The van der Waals surface area contributed by atoms with E-state index in [1.165, 1.54) is 0 Å². The fourth-order valence-corrected chi connectivity index (χ4v) is 1.76. The Bertz CT molecular complexity index is 165. The molecule has 3 atom stereocenters. The van der Waals surface area contributed by atoms with E-state index in [2.05, 4.69) is 0 Å². The summed E-state index contributed by atoms with van der Waals surface area (Å²) in [5.41, 5.74) is 0. The first-order valence-corrected chi connectivity index (χ1v) is 4.50. The van der Waals surface area contributed by atoms with Crippen molar-refractivity contribution in [2.75, 3.05) is 0 Å². The van der Waals surface area contributed by atoms with Crippen LogP contribution < -0.4 is 0 Å². The third-order valence-corrected chi connectivity index (χ3v) is 2.40. The minimum atomic E-state index is -0.639. The first-order chi connectivity index (χ1) is 5.61. The molecule has 70 valence electrons. The number of aliphatic hydroxyl groups excluding tert-OH is 2. The zero-order valence-electron chi connectivity index (χ0n) is 7.36. The third-order valence-electron chi connectivity index (χ3n) is 2.40. The molecule has 1 aliphatic carbocycles. The molecule has 1 rings (SSSR count). The van der Waals surface area contributed by atoms with Crippen LogP contribution in [0.2, 0.25) is 0 Å². The average molecular weight is 172 g/mol. The van der Waals surface area contributed by atoms with Gasteiger partial charge in [0.15, 0.2) is 0 Å². The van der Waals surface area contributed by atoms with Gasteiger partial charge in [-0.2, -0.15) is 0 Å². The zero-order valence-corrected chi connectivity index (χ0v) is 7.36. The average Bonchev–Trinajstić information content (AvgIpc) is 2.33. The maximum Gasteiger partial charge on any atom is 0.138 e. The van der Waals surface area contributed by atoms with Gasteiger partial charge in [0.1, 0.15) is 5.78 Å². The van der Waals surface area contributed by atoms with Crippen molar-refractivity contribution in [2.24, 2.45) is 5.92 Å². The SMILES string of the molecule is C[C@H](O)C[C@@H](O)[C@H]1CCCC1=O. The van der Waals surface area contributed by atoms with Crippen LogP contribution in [-0.2, 0) is 4.79 Å². The highest BCUT2D eigenvalue weighted by Crippen LogP contribution is 2.26. The lowest BCUT2D eigenvalue weighted by Gasteiger charge is -2.17. The summed E-state index contributed by atoms with van der Waals surface area (Å²) in [4.78, 5) is 11.2. The van der Waals surface area contributed by atoms with Gasteiger partial charge in [-0.05, 0) is 26.2 Å². The molecule has 0 unspecified atom stereocenters. The van der Waals surface area contributed by atoms with Crippen LogP contribution in [0.25, 0.3) is 0 Å². The van der Waals surface area contributed by atoms with E-state index in [4.69, 9.17) is 5.11 Å². The molecule has 0 amide bonds. The summed E-state index contributed by atoms with van der Waals surface area (Å²) in [6.45, 7) is 1.63. The van der Waals surface area contributed by atoms with Gasteiger partial charge in [0.2, 0.25) is 0 Å². The Morgan fingerprint density at radius 3 is 2.67 bits per heavy atom. The van der Waals surface area contributed by atoms with Crippen molar-refractivity contribution in [3.8, 4) is 0 Å². The van der Waals surface area contributed by atoms with Crippen molar-refractivity contribution in [3.63, 3.8) is 0 Å². The Balaban J connectivity index is 2.40. The standard InChI is InChI=1S/C9H16O3/c1-6(10)5-9(12)7-3-2-4-8(7)11/h6-7,9-10,12H,2-5H2,1H3/t6-,7-,9+/m0/s1. The van der Waals surface area contributed by atoms with Crippen LogP contribution in [-0.4, -0.2) is 28.2 Å². The normalized spacial score (nSPS) is 28.9. The molecule has 3 heteroatoms. The maximum atomic E-state index is 11.2. The number of rotatable bonds is 3. The second-order valence-electron chi connectivity index (χ2n) is 3.62. The van der Waals surface area contributed by atoms with E-state index in [1.807, 2.05) is 0 Å². The van der Waals surface area contributed by atoms with E-state index in [0.717, 1.165) is 12.8 Å². The van der Waals surface area contributed by atoms with Crippen molar-refractivity contribution in [1.29, 1.82) is 0 Å². The highest BCUT2D eigenvalue weighted by Gasteiger charge is 2.31. The molecule has 0 bridgehead atoms. The lowest BCUT2D eigenvalue weighted by Crippen LogP contribution is -2.27. The van der Waals surface area contributed by atoms with Crippen LogP contribution in [0, 0.1) is 5.92 Å². The quantitative estimate of drug-likeness (QED) is 0.651. The molecular formula is C9H16O3. The number of carbonyl (C=O) groups is 1. The van der Waals surface area contributed by atoms with Crippen LogP contribution in [0.15, 0.2) is 0 Å². The van der Waals surface area contributed by atoms with Gasteiger partial charge in [0, 0.05) is 12.3 Å². The third kappa shape index (κ3) is 2.29. The number of Topliss-reactive ketones (excluding diaryl/α,β-unsaturated/α-hetero) is 1. The summed E-state index contributed by atoms with van der Waals surface area (Å²) in [6.07, 6.45) is 1.43. The fourth-order valence-electron chi connectivity index (χ4n) is 1.76. The minimum absolute atomic E-state index is 0.156. The van der Waals surface area contributed by atoms with Gasteiger partial charge < -0.3 is 10.2 Å². The zero-order chi connectivity index (χ0) is 9.14. The van der Waals surface area contributed by atoms with Gasteiger partial charge in [0.25, 0.3) is 0 Å². The predicted octanol–water partition coefficient (Wildman–Crippen LogP) is 0.487. The predicted molar refractivity (Wildman–Crippen MR) is 44.7 cm³/mol. The second kappa shape index (κ2) is 4.01. The molecule has 1 saturated carbocycles. The Labute approximate surface area is 72.4 Å². The number of ketones is 1. The van der Waals surface area contributed by atoms with Crippen molar-refractivity contribution in [3.05, 3.63) is 0 Å². The van der Waals surface area contributed by atoms with E-state index in [9.17, 15) is 9.90 Å². The molecule has 2 N–H and O–H groups in total. The summed E-state index contributed by atoms with van der Waals surface area (Å²) < 4.78 is 0. The molecule has 1 aliphatic rings. The van der Waals surface area contributed by atoms with Gasteiger partial charge in [-0.1, -0.05) is 0 Å². The number of hydrogen-bond acceptors (Lipinski definition) is 3. The van der Waals surface area contributed by atoms with Gasteiger partial charge in [-0.25, -0.2) is 0 Å². The molecule has 0 aromatic rings. The van der Waals surface area contributed by atoms with Crippen molar-refractivity contribution in [1.82, 2.24) is 0 Å². The highest BCUT2D eigenvalue weighted by atomic mass is 16.3. The van der Waals surface area contributed by atoms with Crippen LogP contribution in [0.3, 0.4) is 0 Å². The van der Waals surface area contributed by atoms with E-state index < -0.39 is 12.2 Å². The van der Waals surface area contributed by atoms with Crippen molar-refractivity contribution < 1.29 is 15.0 Å². The second-order valence-corrected chi connectivity index (χ2v) is 3.62. The van der Waals surface area contributed by atoms with E-state index in [0.29, 0.717) is 12.8 Å². The van der Waals surface area contributed by atoms with Gasteiger partial charge >= 0.3 is 0 Å².